The monoisotopic (exact) mass is 97.1 g/mol. The van der Waals surface area contributed by atoms with Crippen LogP contribution in [0.3, 0.4) is 0 Å². The molecule has 0 aromatic rings. The predicted octanol–water partition coefficient (Wildman–Crippen LogP) is 1.30. The van der Waals surface area contributed by atoms with E-state index >= 15 is 0 Å². The van der Waals surface area contributed by atoms with Crippen LogP contribution in [0.1, 0.15) is 6.92 Å². The molecule has 0 amide bonds. The molecule has 0 aromatic carbocycles. The molecule has 0 unspecified atom stereocenters. The van der Waals surface area contributed by atoms with Gasteiger partial charge in [0.25, 0.3) is 0 Å². The summed E-state index contributed by atoms with van der Waals surface area (Å²) in [6.07, 6.45) is 1.70. The summed E-state index contributed by atoms with van der Waals surface area (Å²) < 4.78 is 0. The van der Waals surface area contributed by atoms with E-state index in [-0.39, 0.29) is 0 Å². The second kappa shape index (κ2) is 3.47. The molecule has 1 nitrogen and oxygen atoms in total. The molecule has 40 valence electrons. The summed E-state index contributed by atoms with van der Waals surface area (Å²) >= 11 is 0. The minimum Gasteiger partial charge on any atom is -0.386 e. The Bertz CT molecular complexity index is 74.2. The summed E-state index contributed by atoms with van der Waals surface area (Å²) in [5.41, 5.74) is 0.891. The van der Waals surface area contributed by atoms with E-state index in [4.69, 9.17) is 0 Å². The molecule has 0 aliphatic rings. The molecule has 0 radical (unpaired) electrons. The van der Waals surface area contributed by atoms with E-state index in [2.05, 4.69) is 18.5 Å². The molecule has 0 spiro atoms. The molecule has 0 atom stereocenters. The maximum Gasteiger partial charge on any atom is 0.0261 e. The summed E-state index contributed by atoms with van der Waals surface area (Å²) in [6.45, 7) is 10.1. The summed E-state index contributed by atoms with van der Waals surface area (Å²) in [5.74, 6) is 0. The number of allylic oxidation sites excluding steroid dienone is 1. The van der Waals surface area contributed by atoms with Gasteiger partial charge in [-0.15, -0.1) is 0 Å². The summed E-state index contributed by atoms with van der Waals surface area (Å²) in [6, 6.07) is 0. The Hall–Kier alpha value is -0.720. The van der Waals surface area contributed by atoms with Crippen molar-refractivity contribution in [2.75, 3.05) is 6.54 Å². The van der Waals surface area contributed by atoms with E-state index in [0.29, 0.717) is 0 Å². The number of hydrogen-bond acceptors (Lipinski definition) is 1. The molecule has 0 saturated heterocycles. The maximum absolute atomic E-state index is 3.63. The van der Waals surface area contributed by atoms with Crippen molar-refractivity contribution < 1.29 is 0 Å². The maximum atomic E-state index is 3.63. The third-order valence-corrected chi connectivity index (χ3v) is 0.650. The van der Waals surface area contributed by atoms with E-state index in [0.717, 1.165) is 12.2 Å². The lowest BCUT2D eigenvalue weighted by atomic mass is 10.5. The van der Waals surface area contributed by atoms with Gasteiger partial charge in [-0.25, -0.2) is 0 Å². The Morgan fingerprint density at radius 3 is 2.57 bits per heavy atom. The topological polar surface area (TPSA) is 12.0 Å². The van der Waals surface area contributed by atoms with Gasteiger partial charge in [-0.05, 0) is 13.0 Å². The molecule has 0 rings (SSSR count). The minimum absolute atomic E-state index is 0.891. The normalized spacial score (nSPS) is 7.57. The summed E-state index contributed by atoms with van der Waals surface area (Å²) in [4.78, 5) is 0. The fourth-order valence-electron chi connectivity index (χ4n) is 0.299. The number of nitrogens with one attached hydrogen (secondary N) is 1. The number of rotatable bonds is 3. The second-order valence-electron chi connectivity index (χ2n) is 1.26. The van der Waals surface area contributed by atoms with Gasteiger partial charge in [0, 0.05) is 12.2 Å². The first-order chi connectivity index (χ1) is 3.31. The van der Waals surface area contributed by atoms with Crippen molar-refractivity contribution in [1.29, 1.82) is 0 Å². The standard InChI is InChI=1S/C6H11N/c1-4-6(3)7-5-2/h4,7H,1,3,5H2,2H3. The van der Waals surface area contributed by atoms with Crippen LogP contribution in [-0.4, -0.2) is 6.54 Å². The molecule has 0 heterocycles. The molecular formula is C6H11N. The van der Waals surface area contributed by atoms with Crippen LogP contribution in [0.2, 0.25) is 0 Å². The Morgan fingerprint density at radius 1 is 1.86 bits per heavy atom. The zero-order valence-electron chi connectivity index (χ0n) is 4.70. The van der Waals surface area contributed by atoms with Crippen LogP contribution in [0.4, 0.5) is 0 Å². The Morgan fingerprint density at radius 2 is 2.43 bits per heavy atom. The average Bonchev–Trinajstić information content (AvgIpc) is 1.68. The molecule has 7 heavy (non-hydrogen) atoms. The second-order valence-corrected chi connectivity index (χ2v) is 1.26. The van der Waals surface area contributed by atoms with Crippen LogP contribution in [0.25, 0.3) is 0 Å². The first-order valence-corrected chi connectivity index (χ1v) is 2.36. The highest BCUT2D eigenvalue weighted by Gasteiger charge is 1.75. The minimum atomic E-state index is 0.891. The highest BCUT2D eigenvalue weighted by molar-refractivity contribution is 5.07. The average molecular weight is 97.2 g/mol. The fraction of sp³-hybridized carbons (Fsp3) is 0.333. The molecular weight excluding hydrogens is 86.1 g/mol. The van der Waals surface area contributed by atoms with Crippen molar-refractivity contribution >= 4 is 0 Å². The van der Waals surface area contributed by atoms with Gasteiger partial charge < -0.3 is 5.32 Å². The van der Waals surface area contributed by atoms with Gasteiger partial charge in [0.1, 0.15) is 0 Å². The lowest BCUT2D eigenvalue weighted by Crippen LogP contribution is -2.07. The SMILES string of the molecule is C=CC(=C)NCC. The van der Waals surface area contributed by atoms with Crippen molar-refractivity contribution in [3.63, 3.8) is 0 Å². The van der Waals surface area contributed by atoms with Crippen molar-refractivity contribution in [3.8, 4) is 0 Å². The quantitative estimate of drug-likeness (QED) is 0.523. The van der Waals surface area contributed by atoms with E-state index in [9.17, 15) is 0 Å². The number of likely N-dealkylation sites (N-methyl/N-ethyl adjacent to an activating group) is 1. The van der Waals surface area contributed by atoms with Crippen molar-refractivity contribution in [3.05, 3.63) is 24.9 Å². The smallest absolute Gasteiger partial charge is 0.0261 e. The first kappa shape index (κ1) is 6.28. The van der Waals surface area contributed by atoms with Crippen LogP contribution in [0, 0.1) is 0 Å². The summed E-state index contributed by atoms with van der Waals surface area (Å²) in [5, 5.41) is 2.98. The van der Waals surface area contributed by atoms with Gasteiger partial charge in [0.05, 0.1) is 0 Å². The van der Waals surface area contributed by atoms with Gasteiger partial charge in [-0.3, -0.25) is 0 Å². The van der Waals surface area contributed by atoms with Crippen molar-refractivity contribution in [2.24, 2.45) is 0 Å². The molecule has 1 N–H and O–H groups in total. The largest absolute Gasteiger partial charge is 0.386 e. The van der Waals surface area contributed by atoms with Crippen LogP contribution in [-0.2, 0) is 0 Å². The van der Waals surface area contributed by atoms with Crippen molar-refractivity contribution in [2.45, 2.75) is 6.92 Å². The van der Waals surface area contributed by atoms with Gasteiger partial charge in [0.2, 0.25) is 0 Å². The van der Waals surface area contributed by atoms with E-state index in [1.165, 1.54) is 0 Å². The zero-order valence-corrected chi connectivity index (χ0v) is 4.70. The molecule has 0 aliphatic heterocycles. The predicted molar refractivity (Wildman–Crippen MR) is 33.0 cm³/mol. The van der Waals surface area contributed by atoms with E-state index in [1.807, 2.05) is 6.92 Å². The Labute approximate surface area is 44.7 Å². The van der Waals surface area contributed by atoms with Gasteiger partial charge in [-0.1, -0.05) is 13.2 Å². The summed E-state index contributed by atoms with van der Waals surface area (Å²) in [7, 11) is 0. The molecule has 0 aromatic heterocycles. The van der Waals surface area contributed by atoms with Crippen molar-refractivity contribution in [1.82, 2.24) is 5.32 Å². The lowest BCUT2D eigenvalue weighted by molar-refractivity contribution is 0.883. The molecule has 1 heteroatoms. The van der Waals surface area contributed by atoms with E-state index in [1.54, 1.807) is 6.08 Å². The van der Waals surface area contributed by atoms with Crippen LogP contribution >= 0.6 is 0 Å². The van der Waals surface area contributed by atoms with E-state index < -0.39 is 0 Å². The van der Waals surface area contributed by atoms with Crippen LogP contribution in [0.15, 0.2) is 24.9 Å². The highest BCUT2D eigenvalue weighted by Crippen LogP contribution is 1.79. The van der Waals surface area contributed by atoms with Crippen LogP contribution < -0.4 is 5.32 Å². The van der Waals surface area contributed by atoms with Gasteiger partial charge in [0.15, 0.2) is 0 Å². The zero-order chi connectivity index (χ0) is 5.70. The van der Waals surface area contributed by atoms with Gasteiger partial charge in [-0.2, -0.15) is 0 Å². The fourth-order valence-corrected chi connectivity index (χ4v) is 0.299. The van der Waals surface area contributed by atoms with Gasteiger partial charge >= 0.3 is 0 Å². The van der Waals surface area contributed by atoms with Crippen LogP contribution in [0.5, 0.6) is 0 Å². The Balaban J connectivity index is 3.17. The highest BCUT2D eigenvalue weighted by atomic mass is 14.8. The molecule has 0 saturated carbocycles. The molecule has 0 aliphatic carbocycles. The molecule has 0 fully saturated rings. The third kappa shape index (κ3) is 3.10. The lowest BCUT2D eigenvalue weighted by Gasteiger charge is -1.96. The number of hydrogen-bond donors (Lipinski definition) is 1. The molecule has 0 bridgehead atoms. The first-order valence-electron chi connectivity index (χ1n) is 2.36. The Kier molecular flexibility index (Phi) is 3.11. The third-order valence-electron chi connectivity index (χ3n) is 0.650.